The number of hydrogen-bond donors (Lipinski definition) is 2. The van der Waals surface area contributed by atoms with Crippen LogP contribution in [-0.2, 0) is 11.3 Å². The number of hydrogen-bond acceptors (Lipinski definition) is 5. The number of nitrogens with zero attached hydrogens (tertiary/aromatic N) is 3. The maximum Gasteiger partial charge on any atom is 0.407 e. The molecule has 1 amide bonds. The molecule has 9 heteroatoms. The van der Waals surface area contributed by atoms with Crippen LogP contribution in [0.1, 0.15) is 36.8 Å². The molecule has 0 radical (unpaired) electrons. The van der Waals surface area contributed by atoms with E-state index in [9.17, 15) is 19.1 Å². The summed E-state index contributed by atoms with van der Waals surface area (Å²) in [6, 6.07) is 7.36. The molecule has 0 aliphatic heterocycles. The highest BCUT2D eigenvalue weighted by Crippen LogP contribution is 2.22. The van der Waals surface area contributed by atoms with Crippen molar-refractivity contribution in [3.05, 3.63) is 53.6 Å². The number of carbonyl (C=O) groups excluding carboxylic acids is 1. The number of amides is 1. The van der Waals surface area contributed by atoms with Crippen LogP contribution in [0.5, 0.6) is 0 Å². The van der Waals surface area contributed by atoms with Crippen LogP contribution in [0.25, 0.3) is 16.9 Å². The summed E-state index contributed by atoms with van der Waals surface area (Å²) in [6.07, 6.45) is 0.954. The first-order chi connectivity index (χ1) is 13.1. The molecule has 0 unspecified atom stereocenters. The molecule has 0 saturated heterocycles. The molecule has 1 aromatic carbocycles. The lowest BCUT2D eigenvalue weighted by Gasteiger charge is -2.19. The first-order valence-electron chi connectivity index (χ1n) is 8.48. The average molecular weight is 386 g/mol. The normalized spacial score (nSPS) is 11.4. The van der Waals surface area contributed by atoms with E-state index in [-0.39, 0.29) is 23.6 Å². The lowest BCUT2D eigenvalue weighted by Crippen LogP contribution is -2.32. The molecule has 0 aliphatic rings. The van der Waals surface area contributed by atoms with Crippen molar-refractivity contribution in [3.8, 4) is 11.4 Å². The van der Waals surface area contributed by atoms with Gasteiger partial charge in [0, 0.05) is 12.7 Å². The number of ether oxygens (including phenoxy) is 1. The van der Waals surface area contributed by atoms with Gasteiger partial charge < -0.3 is 15.2 Å². The van der Waals surface area contributed by atoms with Crippen molar-refractivity contribution in [2.24, 2.45) is 0 Å². The van der Waals surface area contributed by atoms with Crippen LogP contribution in [0.2, 0.25) is 0 Å². The van der Waals surface area contributed by atoms with Crippen LogP contribution < -0.4 is 5.32 Å². The standard InChI is InChI=1S/C19H19FN4O4/c1-19(2,3)28-18(27)21-10-11-6-7-13(20)12(9-11)16-22-15(17(25)26)14-5-4-8-24(14)23-16/h4-9H,10H2,1-3H3,(H,21,27)(H,25,26). The number of alkyl carbamates (subject to hydrolysis) is 1. The number of fused-ring (bicyclic) bond motifs is 1. The van der Waals surface area contributed by atoms with Crippen molar-refractivity contribution in [2.75, 3.05) is 0 Å². The van der Waals surface area contributed by atoms with Gasteiger partial charge in [0.1, 0.15) is 11.4 Å². The Morgan fingerprint density at radius 3 is 2.71 bits per heavy atom. The molecule has 8 nitrogen and oxygen atoms in total. The van der Waals surface area contributed by atoms with Crippen LogP contribution >= 0.6 is 0 Å². The Morgan fingerprint density at radius 1 is 1.29 bits per heavy atom. The Balaban J connectivity index is 1.91. The van der Waals surface area contributed by atoms with Crippen molar-refractivity contribution >= 4 is 17.6 Å². The molecular weight excluding hydrogens is 367 g/mol. The van der Waals surface area contributed by atoms with Gasteiger partial charge in [-0.15, -0.1) is 5.10 Å². The maximum absolute atomic E-state index is 14.4. The number of rotatable bonds is 4. The van der Waals surface area contributed by atoms with E-state index in [2.05, 4.69) is 15.4 Å². The third kappa shape index (κ3) is 4.25. The predicted molar refractivity (Wildman–Crippen MR) is 98.4 cm³/mol. The molecule has 0 bridgehead atoms. The van der Waals surface area contributed by atoms with Gasteiger partial charge in [-0.2, -0.15) is 0 Å². The summed E-state index contributed by atoms with van der Waals surface area (Å²) in [4.78, 5) is 27.3. The smallest absolute Gasteiger partial charge is 0.407 e. The van der Waals surface area contributed by atoms with E-state index in [1.807, 2.05) is 0 Å². The molecule has 0 saturated carbocycles. The molecule has 2 N–H and O–H groups in total. The monoisotopic (exact) mass is 386 g/mol. The molecule has 146 valence electrons. The van der Waals surface area contributed by atoms with Gasteiger partial charge in [-0.1, -0.05) is 6.07 Å². The lowest BCUT2D eigenvalue weighted by molar-refractivity contribution is 0.0523. The molecule has 3 aromatic rings. The second-order valence-corrected chi connectivity index (χ2v) is 7.10. The number of carbonyl (C=O) groups is 2. The second kappa shape index (κ2) is 7.26. The Kier molecular flexibility index (Phi) is 5.00. The fourth-order valence-electron chi connectivity index (χ4n) is 2.55. The minimum absolute atomic E-state index is 0.0292. The first kappa shape index (κ1) is 19.3. The summed E-state index contributed by atoms with van der Waals surface area (Å²) in [7, 11) is 0. The SMILES string of the molecule is CC(C)(C)OC(=O)NCc1ccc(F)c(-c2nc(C(=O)O)c3cccn3n2)c1. The Morgan fingerprint density at radius 2 is 2.04 bits per heavy atom. The largest absolute Gasteiger partial charge is 0.476 e. The number of carboxylic acids is 1. The van der Waals surface area contributed by atoms with Gasteiger partial charge in [-0.3, -0.25) is 0 Å². The summed E-state index contributed by atoms with van der Waals surface area (Å²) in [6.45, 7) is 5.34. The van der Waals surface area contributed by atoms with Crippen molar-refractivity contribution in [2.45, 2.75) is 32.9 Å². The third-order valence-corrected chi connectivity index (χ3v) is 3.70. The maximum atomic E-state index is 14.4. The fourth-order valence-corrected chi connectivity index (χ4v) is 2.55. The van der Waals surface area contributed by atoms with Crippen molar-refractivity contribution < 1.29 is 23.8 Å². The van der Waals surface area contributed by atoms with Crippen molar-refractivity contribution in [3.63, 3.8) is 0 Å². The van der Waals surface area contributed by atoms with E-state index in [0.717, 1.165) is 0 Å². The topological polar surface area (TPSA) is 106 Å². The van der Waals surface area contributed by atoms with Gasteiger partial charge in [0.05, 0.1) is 11.1 Å². The molecule has 3 rings (SSSR count). The minimum Gasteiger partial charge on any atom is -0.476 e. The van der Waals surface area contributed by atoms with Crippen molar-refractivity contribution in [1.29, 1.82) is 0 Å². The molecule has 0 atom stereocenters. The molecule has 28 heavy (non-hydrogen) atoms. The van der Waals surface area contributed by atoms with Gasteiger partial charge in [0.25, 0.3) is 0 Å². The van der Waals surface area contributed by atoms with Gasteiger partial charge >= 0.3 is 12.1 Å². The number of nitrogens with one attached hydrogen (secondary N) is 1. The highest BCUT2D eigenvalue weighted by molar-refractivity contribution is 5.93. The first-order valence-corrected chi connectivity index (χ1v) is 8.48. The van der Waals surface area contributed by atoms with Crippen LogP contribution in [0.4, 0.5) is 9.18 Å². The zero-order valence-corrected chi connectivity index (χ0v) is 15.6. The zero-order valence-electron chi connectivity index (χ0n) is 15.6. The Bertz CT molecular complexity index is 1060. The molecule has 0 aliphatic carbocycles. The van der Waals surface area contributed by atoms with E-state index in [1.165, 1.54) is 22.7 Å². The minimum atomic E-state index is -1.24. The highest BCUT2D eigenvalue weighted by atomic mass is 19.1. The van der Waals surface area contributed by atoms with E-state index < -0.39 is 23.5 Å². The molecule has 0 fully saturated rings. The van der Waals surface area contributed by atoms with Crippen LogP contribution in [0.15, 0.2) is 36.5 Å². The third-order valence-electron chi connectivity index (χ3n) is 3.70. The average Bonchev–Trinajstić information content (AvgIpc) is 3.07. The van der Waals surface area contributed by atoms with Crippen LogP contribution in [0.3, 0.4) is 0 Å². The summed E-state index contributed by atoms with van der Waals surface area (Å²) in [5.41, 5.74) is 0.0497. The number of aromatic nitrogens is 3. The molecule has 2 heterocycles. The van der Waals surface area contributed by atoms with Gasteiger partial charge in [-0.25, -0.2) is 23.5 Å². The summed E-state index contributed by atoms with van der Waals surface area (Å²) in [5, 5.41) is 16.1. The number of aromatic carboxylic acids is 1. The molecule has 2 aromatic heterocycles. The van der Waals surface area contributed by atoms with Gasteiger partial charge in [0.2, 0.25) is 0 Å². The Hall–Kier alpha value is -3.49. The highest BCUT2D eigenvalue weighted by Gasteiger charge is 2.18. The fraction of sp³-hybridized carbons (Fsp3) is 0.263. The second-order valence-electron chi connectivity index (χ2n) is 7.10. The quantitative estimate of drug-likeness (QED) is 0.713. The van der Waals surface area contributed by atoms with Gasteiger partial charge in [0.15, 0.2) is 11.5 Å². The van der Waals surface area contributed by atoms with Crippen molar-refractivity contribution in [1.82, 2.24) is 19.9 Å². The summed E-state index contributed by atoms with van der Waals surface area (Å²) in [5.74, 6) is -1.92. The number of halogens is 1. The number of carboxylic acid groups (broad SMARTS) is 1. The van der Waals surface area contributed by atoms with E-state index in [4.69, 9.17) is 4.74 Å². The van der Waals surface area contributed by atoms with Crippen LogP contribution in [0, 0.1) is 5.82 Å². The van der Waals surface area contributed by atoms with Crippen LogP contribution in [-0.4, -0.2) is 37.4 Å². The zero-order chi connectivity index (χ0) is 20.5. The number of benzene rings is 1. The lowest BCUT2D eigenvalue weighted by atomic mass is 10.1. The van der Waals surface area contributed by atoms with E-state index >= 15 is 0 Å². The molecular formula is C19H19FN4O4. The van der Waals surface area contributed by atoms with E-state index in [1.54, 1.807) is 39.1 Å². The van der Waals surface area contributed by atoms with E-state index in [0.29, 0.717) is 11.1 Å². The Labute approximate surface area is 160 Å². The van der Waals surface area contributed by atoms with Gasteiger partial charge in [-0.05, 0) is 50.6 Å². The summed E-state index contributed by atoms with van der Waals surface area (Å²) >= 11 is 0. The molecule has 0 spiro atoms. The summed E-state index contributed by atoms with van der Waals surface area (Å²) < 4.78 is 20.9. The predicted octanol–water partition coefficient (Wildman–Crippen LogP) is 3.26.